The van der Waals surface area contributed by atoms with Crippen LogP contribution >= 0.6 is 0 Å². The van der Waals surface area contributed by atoms with Gasteiger partial charge in [0.2, 0.25) is 6.41 Å². The topological polar surface area (TPSA) is 46.9 Å². The molecule has 0 aliphatic carbocycles. The van der Waals surface area contributed by atoms with Gasteiger partial charge in [0, 0.05) is 12.1 Å². The van der Waals surface area contributed by atoms with E-state index >= 15 is 0 Å². The predicted octanol–water partition coefficient (Wildman–Crippen LogP) is 1.34. The Labute approximate surface area is 71.6 Å². The van der Waals surface area contributed by atoms with Crippen LogP contribution in [0.15, 0.2) is 6.07 Å². The summed E-state index contributed by atoms with van der Waals surface area (Å²) in [6, 6.07) is 2.11. The molecule has 0 bridgehead atoms. The Bertz CT molecular complexity index is 278. The van der Waals surface area contributed by atoms with Crippen LogP contribution in [0.25, 0.3) is 0 Å². The summed E-state index contributed by atoms with van der Waals surface area (Å²) in [5.74, 6) is 0.748. The van der Waals surface area contributed by atoms with Gasteiger partial charge in [-0.3, -0.25) is 4.79 Å². The van der Waals surface area contributed by atoms with Crippen molar-refractivity contribution in [1.29, 1.82) is 0 Å². The van der Waals surface area contributed by atoms with Crippen molar-refractivity contribution in [2.45, 2.75) is 26.8 Å². The first kappa shape index (κ1) is 8.77. The summed E-state index contributed by atoms with van der Waals surface area (Å²) in [6.07, 6.45) is 0.662. The summed E-state index contributed by atoms with van der Waals surface area (Å²) >= 11 is 0. The van der Waals surface area contributed by atoms with Crippen molar-refractivity contribution >= 4 is 12.2 Å². The first-order chi connectivity index (χ1) is 5.65. The molecule has 0 saturated carbocycles. The fourth-order valence-electron chi connectivity index (χ4n) is 1.08. The van der Waals surface area contributed by atoms with E-state index in [4.69, 9.17) is 0 Å². The smallest absolute Gasteiger partial charge is 0.212 e. The normalized spacial score (nSPS) is 10.3. The molecule has 1 heterocycles. The molecule has 0 saturated heterocycles. The Balaban J connectivity index is 2.99. The van der Waals surface area contributed by atoms with E-state index in [9.17, 15) is 4.79 Å². The molecule has 0 unspecified atom stereocenters. The van der Waals surface area contributed by atoms with Crippen LogP contribution in [0, 0.1) is 6.92 Å². The maximum atomic E-state index is 10.2. The van der Waals surface area contributed by atoms with Crippen LogP contribution < -0.4 is 5.32 Å². The summed E-state index contributed by atoms with van der Waals surface area (Å²) in [7, 11) is 0. The molecule has 1 amide bonds. The lowest BCUT2D eigenvalue weighted by atomic mass is 10.4. The second-order valence-corrected chi connectivity index (χ2v) is 2.97. The number of anilines is 1. The molecule has 1 N–H and O–H groups in total. The monoisotopic (exact) mass is 167 g/mol. The van der Waals surface area contributed by atoms with Crippen LogP contribution in [-0.2, 0) is 4.79 Å². The number of hydrogen-bond acceptors (Lipinski definition) is 2. The van der Waals surface area contributed by atoms with Gasteiger partial charge in [0.05, 0.1) is 5.69 Å². The molecular weight excluding hydrogens is 154 g/mol. The van der Waals surface area contributed by atoms with E-state index < -0.39 is 0 Å². The molecule has 1 aromatic heterocycles. The molecule has 0 aliphatic heterocycles. The minimum Gasteiger partial charge on any atom is -0.314 e. The van der Waals surface area contributed by atoms with E-state index in [1.54, 1.807) is 4.68 Å². The van der Waals surface area contributed by atoms with E-state index in [-0.39, 0.29) is 6.04 Å². The number of amides is 1. The van der Waals surface area contributed by atoms with Gasteiger partial charge < -0.3 is 5.32 Å². The number of aryl methyl sites for hydroxylation is 1. The Morgan fingerprint density at radius 2 is 2.33 bits per heavy atom. The van der Waals surface area contributed by atoms with Crippen LogP contribution in [0.4, 0.5) is 5.82 Å². The molecule has 0 radical (unpaired) electrons. The van der Waals surface area contributed by atoms with Gasteiger partial charge in [0.25, 0.3) is 0 Å². The Morgan fingerprint density at radius 3 is 2.83 bits per heavy atom. The minimum absolute atomic E-state index is 0.265. The number of nitrogens with zero attached hydrogens (tertiary/aromatic N) is 2. The molecule has 12 heavy (non-hydrogen) atoms. The number of hydrogen-bond donors (Lipinski definition) is 1. The van der Waals surface area contributed by atoms with Gasteiger partial charge in [0.15, 0.2) is 0 Å². The standard InChI is InChI=1S/C8H13N3O/c1-6(2)11-8(9-5-12)4-7(3)10-11/h4-6H,1-3H3,(H,9,12). The fraction of sp³-hybridized carbons (Fsp3) is 0.500. The maximum absolute atomic E-state index is 10.2. The van der Waals surface area contributed by atoms with E-state index in [0.717, 1.165) is 11.5 Å². The first-order valence-electron chi connectivity index (χ1n) is 3.91. The summed E-state index contributed by atoms with van der Waals surface area (Å²) in [5, 5.41) is 6.82. The lowest BCUT2D eigenvalue weighted by molar-refractivity contribution is -0.105. The van der Waals surface area contributed by atoms with E-state index in [0.29, 0.717) is 6.41 Å². The van der Waals surface area contributed by atoms with Gasteiger partial charge in [-0.25, -0.2) is 4.68 Å². The van der Waals surface area contributed by atoms with E-state index in [1.165, 1.54) is 0 Å². The van der Waals surface area contributed by atoms with Crippen LogP contribution in [0.2, 0.25) is 0 Å². The number of nitrogens with one attached hydrogen (secondary N) is 1. The Hall–Kier alpha value is -1.32. The van der Waals surface area contributed by atoms with Gasteiger partial charge in [-0.05, 0) is 20.8 Å². The van der Waals surface area contributed by atoms with Crippen molar-refractivity contribution in [1.82, 2.24) is 9.78 Å². The third-order valence-corrected chi connectivity index (χ3v) is 1.55. The van der Waals surface area contributed by atoms with Crippen LogP contribution in [-0.4, -0.2) is 16.2 Å². The fourth-order valence-corrected chi connectivity index (χ4v) is 1.08. The van der Waals surface area contributed by atoms with Crippen molar-refractivity contribution in [3.05, 3.63) is 11.8 Å². The highest BCUT2D eigenvalue weighted by molar-refractivity contribution is 5.69. The third kappa shape index (κ3) is 1.64. The van der Waals surface area contributed by atoms with E-state index in [2.05, 4.69) is 10.4 Å². The second-order valence-electron chi connectivity index (χ2n) is 2.97. The maximum Gasteiger partial charge on any atom is 0.212 e. The van der Waals surface area contributed by atoms with Crippen molar-refractivity contribution in [3.8, 4) is 0 Å². The number of carbonyl (C=O) groups excluding carboxylic acids is 1. The first-order valence-corrected chi connectivity index (χ1v) is 3.91. The van der Waals surface area contributed by atoms with Gasteiger partial charge in [-0.2, -0.15) is 5.10 Å². The average Bonchev–Trinajstić information content (AvgIpc) is 2.32. The Kier molecular flexibility index (Phi) is 2.47. The number of rotatable bonds is 3. The summed E-state index contributed by atoms with van der Waals surface area (Å²) in [6.45, 7) is 5.93. The van der Waals surface area contributed by atoms with Crippen molar-refractivity contribution in [2.75, 3.05) is 5.32 Å². The second kappa shape index (κ2) is 3.38. The lowest BCUT2D eigenvalue weighted by Gasteiger charge is -2.08. The minimum atomic E-state index is 0.265. The Morgan fingerprint density at radius 1 is 1.67 bits per heavy atom. The van der Waals surface area contributed by atoms with Crippen molar-refractivity contribution in [2.24, 2.45) is 0 Å². The molecule has 0 atom stereocenters. The molecule has 0 fully saturated rings. The third-order valence-electron chi connectivity index (χ3n) is 1.55. The molecule has 66 valence electrons. The zero-order valence-corrected chi connectivity index (χ0v) is 7.53. The zero-order chi connectivity index (χ0) is 9.14. The van der Waals surface area contributed by atoms with Gasteiger partial charge >= 0.3 is 0 Å². The van der Waals surface area contributed by atoms with Crippen molar-refractivity contribution < 1.29 is 4.79 Å². The van der Waals surface area contributed by atoms with Crippen LogP contribution in [0.5, 0.6) is 0 Å². The molecule has 4 heteroatoms. The van der Waals surface area contributed by atoms with Gasteiger partial charge in [-0.1, -0.05) is 0 Å². The lowest BCUT2D eigenvalue weighted by Crippen LogP contribution is -2.08. The SMILES string of the molecule is Cc1cc(NC=O)n(C(C)C)n1. The summed E-state index contributed by atoms with van der Waals surface area (Å²) in [4.78, 5) is 10.2. The molecule has 0 aliphatic rings. The molecule has 1 aromatic rings. The zero-order valence-electron chi connectivity index (χ0n) is 7.53. The molecule has 0 aromatic carbocycles. The van der Waals surface area contributed by atoms with E-state index in [1.807, 2.05) is 26.8 Å². The highest BCUT2D eigenvalue weighted by Crippen LogP contribution is 2.14. The molecule has 4 nitrogen and oxygen atoms in total. The predicted molar refractivity (Wildman–Crippen MR) is 47.0 cm³/mol. The number of aromatic nitrogens is 2. The largest absolute Gasteiger partial charge is 0.314 e. The quantitative estimate of drug-likeness (QED) is 0.690. The summed E-state index contributed by atoms with van der Waals surface area (Å²) < 4.78 is 1.78. The summed E-state index contributed by atoms with van der Waals surface area (Å²) in [5.41, 5.74) is 0.910. The molecule has 1 rings (SSSR count). The van der Waals surface area contributed by atoms with Crippen LogP contribution in [0.3, 0.4) is 0 Å². The molecular formula is C8H13N3O. The highest BCUT2D eigenvalue weighted by Gasteiger charge is 2.06. The highest BCUT2D eigenvalue weighted by atomic mass is 16.1. The number of carbonyl (C=O) groups is 1. The average molecular weight is 167 g/mol. The van der Waals surface area contributed by atoms with Gasteiger partial charge in [0.1, 0.15) is 5.82 Å². The molecule has 0 spiro atoms. The van der Waals surface area contributed by atoms with Crippen LogP contribution in [0.1, 0.15) is 25.6 Å². The van der Waals surface area contributed by atoms with Gasteiger partial charge in [-0.15, -0.1) is 0 Å². The van der Waals surface area contributed by atoms with Crippen molar-refractivity contribution in [3.63, 3.8) is 0 Å².